The summed E-state index contributed by atoms with van der Waals surface area (Å²) in [6.45, 7) is 3.85. The van der Waals surface area contributed by atoms with Crippen LogP contribution in [0.4, 0.5) is 0 Å². The van der Waals surface area contributed by atoms with Crippen molar-refractivity contribution in [2.45, 2.75) is 31.8 Å². The molecular weight excluding hydrogens is 282 g/mol. The highest BCUT2D eigenvalue weighted by atomic mass is 32.2. The van der Waals surface area contributed by atoms with Gasteiger partial charge in [-0.1, -0.05) is 5.16 Å². The van der Waals surface area contributed by atoms with Crippen LogP contribution in [0.2, 0.25) is 0 Å². The Labute approximate surface area is 117 Å². The molecule has 0 aliphatic heterocycles. The summed E-state index contributed by atoms with van der Waals surface area (Å²) < 4.78 is 32.1. The van der Waals surface area contributed by atoms with Crippen LogP contribution in [-0.4, -0.2) is 30.8 Å². The van der Waals surface area contributed by atoms with E-state index >= 15 is 0 Å². The lowest BCUT2D eigenvalue weighted by atomic mass is 10.4. The molecule has 0 amide bonds. The summed E-state index contributed by atoms with van der Waals surface area (Å²) in [5.41, 5.74) is 1.48. The number of nitrogens with one attached hydrogen (secondary N) is 3. The molecule has 0 radical (unpaired) electrons. The van der Waals surface area contributed by atoms with Gasteiger partial charge in [0, 0.05) is 12.6 Å². The molecule has 3 N–H and O–H groups in total. The van der Waals surface area contributed by atoms with E-state index in [4.69, 9.17) is 4.52 Å². The fourth-order valence-electron chi connectivity index (χ4n) is 1.86. The zero-order valence-corrected chi connectivity index (χ0v) is 12.3. The van der Waals surface area contributed by atoms with Crippen LogP contribution in [0, 0.1) is 13.8 Å². The van der Waals surface area contributed by atoms with Gasteiger partial charge in [0.25, 0.3) is 0 Å². The molecule has 0 unspecified atom stereocenters. The van der Waals surface area contributed by atoms with Gasteiger partial charge in [0.1, 0.15) is 10.7 Å². The van der Waals surface area contributed by atoms with Crippen molar-refractivity contribution in [3.8, 4) is 0 Å². The molecule has 110 valence electrons. The number of H-pyrrole nitrogens is 1. The molecule has 2 aromatic rings. The molecule has 0 saturated heterocycles. The fraction of sp³-hybridized carbons (Fsp3) is 0.455. The average molecular weight is 299 g/mol. The van der Waals surface area contributed by atoms with Crippen LogP contribution in [0.1, 0.15) is 22.8 Å². The third kappa shape index (κ3) is 3.06. The highest BCUT2D eigenvalue weighted by Gasteiger charge is 2.24. The minimum absolute atomic E-state index is 0.0727. The van der Waals surface area contributed by atoms with Crippen molar-refractivity contribution < 1.29 is 12.9 Å². The Morgan fingerprint density at radius 2 is 2.10 bits per heavy atom. The summed E-state index contributed by atoms with van der Waals surface area (Å²) in [6.07, 6.45) is 0. The Morgan fingerprint density at radius 1 is 1.35 bits per heavy atom. The number of aromatic nitrogens is 3. The van der Waals surface area contributed by atoms with E-state index in [0.29, 0.717) is 29.4 Å². The van der Waals surface area contributed by atoms with Crippen LogP contribution >= 0.6 is 0 Å². The van der Waals surface area contributed by atoms with E-state index in [-0.39, 0.29) is 11.4 Å². The number of aryl methyl sites for hydroxylation is 2. The van der Waals surface area contributed by atoms with Gasteiger partial charge < -0.3 is 9.84 Å². The third-order valence-electron chi connectivity index (χ3n) is 2.69. The van der Waals surface area contributed by atoms with Gasteiger partial charge in [0.15, 0.2) is 0 Å². The number of nitrogens with zero attached hydrogens (tertiary/aromatic N) is 2. The maximum absolute atomic E-state index is 12.3. The van der Waals surface area contributed by atoms with Crippen LogP contribution in [0.15, 0.2) is 15.5 Å². The first kappa shape index (κ1) is 14.7. The zero-order chi connectivity index (χ0) is 14.8. The van der Waals surface area contributed by atoms with Crippen molar-refractivity contribution in [3.05, 3.63) is 28.9 Å². The molecule has 0 aromatic carbocycles. The highest BCUT2D eigenvalue weighted by Crippen LogP contribution is 2.17. The standard InChI is InChI=1S/C11H17N5O3S/c1-7-4-9(16-19-7)5-13-20(17,18)11-8(2)14-15-10(11)6-12-3/h4,12-13H,5-6H2,1-3H3,(H,14,15). The number of aromatic amines is 1. The average Bonchev–Trinajstić information content (AvgIpc) is 2.95. The molecule has 8 nitrogen and oxygen atoms in total. The third-order valence-corrected chi connectivity index (χ3v) is 4.30. The summed E-state index contributed by atoms with van der Waals surface area (Å²) in [5, 5.41) is 13.3. The lowest BCUT2D eigenvalue weighted by molar-refractivity contribution is 0.390. The van der Waals surface area contributed by atoms with Crippen molar-refractivity contribution in [1.82, 2.24) is 25.4 Å². The number of hydrogen-bond donors (Lipinski definition) is 3. The molecule has 2 aromatic heterocycles. The largest absolute Gasteiger partial charge is 0.361 e. The summed E-state index contributed by atoms with van der Waals surface area (Å²) in [4.78, 5) is 0.173. The molecule has 0 atom stereocenters. The molecule has 2 heterocycles. The smallest absolute Gasteiger partial charge is 0.244 e. The Bertz CT molecular complexity index is 689. The predicted molar refractivity (Wildman–Crippen MR) is 71.4 cm³/mol. The van der Waals surface area contributed by atoms with Crippen LogP contribution in [0.25, 0.3) is 0 Å². The first-order chi connectivity index (χ1) is 9.44. The SMILES string of the molecule is CNCc1n[nH]c(C)c1S(=O)(=O)NCc1cc(C)on1. The highest BCUT2D eigenvalue weighted by molar-refractivity contribution is 7.89. The van der Waals surface area contributed by atoms with Gasteiger partial charge in [-0.3, -0.25) is 5.10 Å². The molecule has 0 bridgehead atoms. The van der Waals surface area contributed by atoms with E-state index in [1.807, 2.05) is 0 Å². The number of sulfonamides is 1. The second-order valence-corrected chi connectivity index (χ2v) is 6.11. The lowest BCUT2D eigenvalue weighted by Gasteiger charge is -2.06. The van der Waals surface area contributed by atoms with Gasteiger partial charge >= 0.3 is 0 Å². The van der Waals surface area contributed by atoms with Crippen molar-refractivity contribution in [1.29, 1.82) is 0 Å². The topological polar surface area (TPSA) is 113 Å². The van der Waals surface area contributed by atoms with Crippen molar-refractivity contribution in [2.24, 2.45) is 0 Å². The molecule has 0 aliphatic carbocycles. The zero-order valence-electron chi connectivity index (χ0n) is 11.5. The van der Waals surface area contributed by atoms with Gasteiger partial charge in [-0.2, -0.15) is 5.10 Å². The Balaban J connectivity index is 2.20. The monoisotopic (exact) mass is 299 g/mol. The van der Waals surface area contributed by atoms with E-state index in [1.165, 1.54) is 0 Å². The molecule has 0 fully saturated rings. The van der Waals surface area contributed by atoms with E-state index in [1.54, 1.807) is 27.0 Å². The number of hydrogen-bond acceptors (Lipinski definition) is 6. The van der Waals surface area contributed by atoms with E-state index in [9.17, 15) is 8.42 Å². The Kier molecular flexibility index (Phi) is 4.21. The molecule has 9 heteroatoms. The molecule has 0 saturated carbocycles. The van der Waals surface area contributed by atoms with Crippen LogP contribution in [0.3, 0.4) is 0 Å². The van der Waals surface area contributed by atoms with E-state index in [2.05, 4.69) is 25.4 Å². The van der Waals surface area contributed by atoms with Crippen LogP contribution < -0.4 is 10.0 Å². The summed E-state index contributed by atoms with van der Waals surface area (Å²) in [7, 11) is -1.93. The van der Waals surface area contributed by atoms with Gasteiger partial charge in [-0.15, -0.1) is 0 Å². The second kappa shape index (κ2) is 5.73. The van der Waals surface area contributed by atoms with Gasteiger partial charge in [0.05, 0.1) is 23.6 Å². The molecule has 0 aliphatic rings. The maximum Gasteiger partial charge on any atom is 0.244 e. The van der Waals surface area contributed by atoms with Crippen molar-refractivity contribution >= 4 is 10.0 Å². The normalized spacial score (nSPS) is 11.9. The van der Waals surface area contributed by atoms with Crippen LogP contribution in [0.5, 0.6) is 0 Å². The fourth-order valence-corrected chi connectivity index (χ4v) is 3.21. The molecule has 2 rings (SSSR count). The second-order valence-electron chi connectivity index (χ2n) is 4.41. The molecule has 0 spiro atoms. The summed E-state index contributed by atoms with van der Waals surface area (Å²) >= 11 is 0. The molecule has 20 heavy (non-hydrogen) atoms. The minimum atomic E-state index is -3.65. The van der Waals surface area contributed by atoms with Crippen molar-refractivity contribution in [3.63, 3.8) is 0 Å². The summed E-state index contributed by atoms with van der Waals surface area (Å²) in [6, 6.07) is 1.68. The Hall–Kier alpha value is -1.71. The summed E-state index contributed by atoms with van der Waals surface area (Å²) in [5.74, 6) is 0.634. The molecular formula is C11H17N5O3S. The van der Waals surface area contributed by atoms with Crippen molar-refractivity contribution in [2.75, 3.05) is 7.05 Å². The quantitative estimate of drug-likeness (QED) is 0.703. The number of rotatable bonds is 6. The maximum atomic E-state index is 12.3. The van der Waals surface area contributed by atoms with Gasteiger partial charge in [-0.05, 0) is 20.9 Å². The lowest BCUT2D eigenvalue weighted by Crippen LogP contribution is -2.25. The first-order valence-electron chi connectivity index (χ1n) is 6.04. The predicted octanol–water partition coefficient (Wildman–Crippen LogP) is 0.212. The minimum Gasteiger partial charge on any atom is -0.361 e. The van der Waals surface area contributed by atoms with Gasteiger partial charge in [-0.25, -0.2) is 13.1 Å². The Morgan fingerprint density at radius 3 is 2.70 bits per heavy atom. The first-order valence-corrected chi connectivity index (χ1v) is 7.52. The van der Waals surface area contributed by atoms with Gasteiger partial charge in [0.2, 0.25) is 10.0 Å². The van der Waals surface area contributed by atoms with E-state index < -0.39 is 10.0 Å². The van der Waals surface area contributed by atoms with E-state index in [0.717, 1.165) is 0 Å². The van der Waals surface area contributed by atoms with Crippen LogP contribution in [-0.2, 0) is 23.1 Å².